The molecule has 2 aromatic rings. The maximum Gasteiger partial charge on any atom is 0.417 e. The number of aryl methyl sites for hydroxylation is 2. The zero-order valence-corrected chi connectivity index (χ0v) is 15.2. The summed E-state index contributed by atoms with van der Waals surface area (Å²) in [6, 6.07) is 5.90. The van der Waals surface area contributed by atoms with Crippen molar-refractivity contribution in [2.24, 2.45) is 0 Å². The largest absolute Gasteiger partial charge is 0.417 e. The Bertz CT molecular complexity index is 891. The van der Waals surface area contributed by atoms with Gasteiger partial charge in [0.1, 0.15) is 11.6 Å². The van der Waals surface area contributed by atoms with Crippen molar-refractivity contribution in [2.45, 2.75) is 39.5 Å². The Morgan fingerprint density at radius 2 is 1.88 bits per heavy atom. The van der Waals surface area contributed by atoms with Crippen LogP contribution in [0, 0.1) is 13.8 Å². The molecule has 0 radical (unpaired) electrons. The number of nitrogens with zero attached hydrogens (tertiary/aromatic N) is 1. The first-order chi connectivity index (χ1) is 12.0. The third kappa shape index (κ3) is 4.66. The molecule has 0 fully saturated rings. The molecule has 1 aromatic heterocycles. The number of amides is 1. The molecule has 0 spiro atoms. The lowest BCUT2D eigenvalue weighted by atomic mass is 10.0. The van der Waals surface area contributed by atoms with Gasteiger partial charge in [-0.2, -0.15) is 13.2 Å². The number of aromatic nitrogens is 1. The van der Waals surface area contributed by atoms with Gasteiger partial charge in [0.15, 0.2) is 0 Å². The molecule has 2 rings (SSSR count). The van der Waals surface area contributed by atoms with Crippen LogP contribution in [0.5, 0.6) is 0 Å². The van der Waals surface area contributed by atoms with Crippen molar-refractivity contribution >= 4 is 17.5 Å². The molecule has 0 aliphatic rings. The molecular weight excluding hydrogens is 369 g/mol. The van der Waals surface area contributed by atoms with E-state index < -0.39 is 34.8 Å². The van der Waals surface area contributed by atoms with Crippen LogP contribution < -0.4 is 10.9 Å². The van der Waals surface area contributed by atoms with Crippen molar-refractivity contribution in [3.05, 3.63) is 68.1 Å². The van der Waals surface area contributed by atoms with Crippen LogP contribution in [-0.2, 0) is 17.5 Å². The van der Waals surface area contributed by atoms with Gasteiger partial charge in [0.05, 0.1) is 11.6 Å². The molecule has 1 atom stereocenters. The molecule has 1 aromatic carbocycles. The van der Waals surface area contributed by atoms with Gasteiger partial charge in [-0.05, 0) is 43.5 Å². The fraction of sp³-hybridized carbons (Fsp3) is 0.333. The van der Waals surface area contributed by atoms with Gasteiger partial charge in [-0.3, -0.25) is 9.59 Å². The average Bonchev–Trinajstić information content (AvgIpc) is 2.53. The Labute approximate surface area is 153 Å². The van der Waals surface area contributed by atoms with Crippen LogP contribution in [0.2, 0.25) is 5.02 Å². The van der Waals surface area contributed by atoms with Crippen LogP contribution in [-0.4, -0.2) is 10.5 Å². The fourth-order valence-corrected chi connectivity index (χ4v) is 2.66. The molecule has 1 amide bonds. The predicted molar refractivity (Wildman–Crippen MR) is 93.2 cm³/mol. The predicted octanol–water partition coefficient (Wildman–Crippen LogP) is 4.01. The summed E-state index contributed by atoms with van der Waals surface area (Å²) >= 11 is 5.58. The lowest BCUT2D eigenvalue weighted by Crippen LogP contribution is -2.34. The number of carbonyl (C=O) groups is 1. The smallest absolute Gasteiger partial charge is 0.348 e. The maximum absolute atomic E-state index is 12.8. The number of nitrogens with one attached hydrogen (secondary N) is 1. The quantitative estimate of drug-likeness (QED) is 0.863. The molecule has 26 heavy (non-hydrogen) atoms. The fourth-order valence-electron chi connectivity index (χ4n) is 2.43. The number of benzene rings is 1. The minimum absolute atomic E-state index is 0.362. The summed E-state index contributed by atoms with van der Waals surface area (Å²) in [6.07, 6.45) is -4.07. The lowest BCUT2D eigenvalue weighted by Gasteiger charge is -2.17. The van der Waals surface area contributed by atoms with Crippen LogP contribution in [0.4, 0.5) is 13.2 Å². The third-order valence-electron chi connectivity index (χ3n) is 4.09. The van der Waals surface area contributed by atoms with E-state index >= 15 is 0 Å². The normalized spacial score (nSPS) is 12.7. The highest BCUT2D eigenvalue weighted by Crippen LogP contribution is 2.29. The second kappa shape index (κ2) is 7.53. The second-order valence-electron chi connectivity index (χ2n) is 6.14. The van der Waals surface area contributed by atoms with E-state index in [0.717, 1.165) is 16.7 Å². The van der Waals surface area contributed by atoms with Gasteiger partial charge in [0, 0.05) is 6.20 Å². The Balaban J connectivity index is 2.18. The highest BCUT2D eigenvalue weighted by molar-refractivity contribution is 6.30. The molecule has 0 saturated carbocycles. The highest BCUT2D eigenvalue weighted by Gasteiger charge is 2.32. The second-order valence-corrected chi connectivity index (χ2v) is 6.55. The van der Waals surface area contributed by atoms with Crippen LogP contribution in [0.1, 0.15) is 35.2 Å². The Hall–Kier alpha value is -2.28. The summed E-state index contributed by atoms with van der Waals surface area (Å²) in [7, 11) is 0. The van der Waals surface area contributed by atoms with Gasteiger partial charge < -0.3 is 9.88 Å². The molecule has 1 heterocycles. The molecule has 0 saturated heterocycles. The van der Waals surface area contributed by atoms with Crippen LogP contribution in [0.15, 0.2) is 35.3 Å². The van der Waals surface area contributed by atoms with E-state index in [-0.39, 0.29) is 6.04 Å². The van der Waals surface area contributed by atoms with Gasteiger partial charge >= 0.3 is 6.18 Å². The van der Waals surface area contributed by atoms with E-state index in [2.05, 4.69) is 5.32 Å². The molecule has 0 aliphatic heterocycles. The van der Waals surface area contributed by atoms with E-state index in [1.807, 2.05) is 32.0 Å². The number of hydrogen-bond acceptors (Lipinski definition) is 2. The molecule has 140 valence electrons. The number of pyridine rings is 1. The summed E-state index contributed by atoms with van der Waals surface area (Å²) < 4.78 is 39.2. The number of hydrogen-bond donors (Lipinski definition) is 1. The van der Waals surface area contributed by atoms with E-state index in [1.54, 1.807) is 6.92 Å². The SMILES string of the molecule is Cc1ccc(C(C)NC(=O)Cn2cc(C(F)(F)F)cc(Cl)c2=O)cc1C. The van der Waals surface area contributed by atoms with E-state index in [9.17, 15) is 22.8 Å². The molecular formula is C18H18ClF3N2O2. The Kier molecular flexibility index (Phi) is 5.81. The van der Waals surface area contributed by atoms with Crippen molar-refractivity contribution in [1.82, 2.24) is 9.88 Å². The van der Waals surface area contributed by atoms with Crippen molar-refractivity contribution in [1.29, 1.82) is 0 Å². The maximum atomic E-state index is 12.8. The van der Waals surface area contributed by atoms with E-state index in [1.165, 1.54) is 0 Å². The van der Waals surface area contributed by atoms with E-state index in [4.69, 9.17) is 11.6 Å². The molecule has 0 aliphatic carbocycles. The molecule has 4 nitrogen and oxygen atoms in total. The third-order valence-corrected chi connectivity index (χ3v) is 4.36. The zero-order chi connectivity index (χ0) is 19.6. The van der Waals surface area contributed by atoms with Gasteiger partial charge in [0.25, 0.3) is 5.56 Å². The molecule has 8 heteroatoms. The Morgan fingerprint density at radius 3 is 2.46 bits per heavy atom. The number of alkyl halides is 3. The lowest BCUT2D eigenvalue weighted by molar-refractivity contribution is -0.138. The van der Waals surface area contributed by atoms with Crippen molar-refractivity contribution in [3.63, 3.8) is 0 Å². The van der Waals surface area contributed by atoms with Crippen LogP contribution >= 0.6 is 11.6 Å². The highest BCUT2D eigenvalue weighted by atomic mass is 35.5. The summed E-state index contributed by atoms with van der Waals surface area (Å²) in [5.41, 5.74) is 1.09. The number of carbonyl (C=O) groups excluding carboxylic acids is 1. The van der Waals surface area contributed by atoms with Gasteiger partial charge in [0.2, 0.25) is 5.91 Å². The Morgan fingerprint density at radius 1 is 1.23 bits per heavy atom. The van der Waals surface area contributed by atoms with Gasteiger partial charge in [-0.15, -0.1) is 0 Å². The van der Waals surface area contributed by atoms with Crippen molar-refractivity contribution in [2.75, 3.05) is 0 Å². The molecule has 1 unspecified atom stereocenters. The molecule has 0 bridgehead atoms. The number of rotatable bonds is 4. The summed E-state index contributed by atoms with van der Waals surface area (Å²) in [6.45, 7) is 5.10. The summed E-state index contributed by atoms with van der Waals surface area (Å²) in [5.74, 6) is -0.590. The minimum atomic E-state index is -4.66. The topological polar surface area (TPSA) is 51.1 Å². The zero-order valence-electron chi connectivity index (χ0n) is 14.4. The first kappa shape index (κ1) is 20.0. The summed E-state index contributed by atoms with van der Waals surface area (Å²) in [5, 5.41) is 2.09. The molecule has 1 N–H and O–H groups in total. The van der Waals surface area contributed by atoms with Gasteiger partial charge in [-0.25, -0.2) is 0 Å². The van der Waals surface area contributed by atoms with Crippen molar-refractivity contribution < 1.29 is 18.0 Å². The first-order valence-corrected chi connectivity index (χ1v) is 8.20. The monoisotopic (exact) mass is 386 g/mol. The first-order valence-electron chi connectivity index (χ1n) is 7.82. The van der Waals surface area contributed by atoms with Crippen molar-refractivity contribution in [3.8, 4) is 0 Å². The van der Waals surface area contributed by atoms with Crippen LogP contribution in [0.25, 0.3) is 0 Å². The minimum Gasteiger partial charge on any atom is -0.348 e. The van der Waals surface area contributed by atoms with Gasteiger partial charge in [-0.1, -0.05) is 29.8 Å². The van der Waals surface area contributed by atoms with E-state index in [0.29, 0.717) is 16.8 Å². The standard InChI is InChI=1S/C18H18ClF3N2O2/c1-10-4-5-13(6-11(10)2)12(3)23-16(25)9-24-8-14(18(20,21)22)7-15(19)17(24)26/h4-8,12H,9H2,1-3H3,(H,23,25). The summed E-state index contributed by atoms with van der Waals surface area (Å²) in [4.78, 5) is 24.1. The number of halogens is 4. The average molecular weight is 387 g/mol. The van der Waals surface area contributed by atoms with Crippen LogP contribution in [0.3, 0.4) is 0 Å².